The summed E-state index contributed by atoms with van der Waals surface area (Å²) in [7, 11) is 0. The summed E-state index contributed by atoms with van der Waals surface area (Å²) >= 11 is 1.32. The van der Waals surface area contributed by atoms with Crippen molar-refractivity contribution in [3.8, 4) is 10.8 Å². The molecule has 0 atom stereocenters. The normalized spacial score (nSPS) is 15.5. The molecule has 23 heavy (non-hydrogen) atoms. The zero-order chi connectivity index (χ0) is 16.1. The second-order valence-electron chi connectivity index (χ2n) is 5.22. The number of carbonyl (C=O) groups excluding carboxylic acids is 1. The zero-order valence-electron chi connectivity index (χ0n) is 13.0. The van der Waals surface area contributed by atoms with Crippen molar-refractivity contribution in [2.24, 2.45) is 0 Å². The third kappa shape index (κ3) is 4.10. The molecule has 0 unspecified atom stereocenters. The van der Waals surface area contributed by atoms with Crippen LogP contribution >= 0.6 is 11.3 Å². The molecule has 1 N–H and O–H groups in total. The van der Waals surface area contributed by atoms with Crippen LogP contribution in [0.15, 0.2) is 18.5 Å². The van der Waals surface area contributed by atoms with Crippen LogP contribution in [0.4, 0.5) is 0 Å². The van der Waals surface area contributed by atoms with E-state index in [2.05, 4.69) is 25.2 Å². The van der Waals surface area contributed by atoms with E-state index in [1.54, 1.807) is 18.5 Å². The van der Waals surface area contributed by atoms with Gasteiger partial charge in [-0.05, 0) is 13.0 Å². The highest BCUT2D eigenvalue weighted by Gasteiger charge is 2.17. The number of nitrogens with zero attached hydrogens (tertiary/aromatic N) is 4. The van der Waals surface area contributed by atoms with Crippen molar-refractivity contribution >= 4 is 17.2 Å². The van der Waals surface area contributed by atoms with E-state index in [4.69, 9.17) is 4.74 Å². The van der Waals surface area contributed by atoms with E-state index in [9.17, 15) is 4.79 Å². The molecule has 0 saturated carbocycles. The van der Waals surface area contributed by atoms with E-state index in [0.29, 0.717) is 27.9 Å². The maximum atomic E-state index is 12.3. The summed E-state index contributed by atoms with van der Waals surface area (Å²) in [5.41, 5.74) is 0.710. The van der Waals surface area contributed by atoms with E-state index in [1.807, 2.05) is 6.92 Å². The minimum absolute atomic E-state index is 0.0876. The van der Waals surface area contributed by atoms with Crippen LogP contribution in [0.25, 0.3) is 10.8 Å². The molecule has 2 aromatic rings. The van der Waals surface area contributed by atoms with Gasteiger partial charge in [0.25, 0.3) is 5.91 Å². The number of morpholine rings is 1. The van der Waals surface area contributed by atoms with Crippen molar-refractivity contribution in [1.29, 1.82) is 0 Å². The number of rotatable bonds is 5. The van der Waals surface area contributed by atoms with Gasteiger partial charge in [-0.2, -0.15) is 0 Å². The maximum absolute atomic E-state index is 12.3. The summed E-state index contributed by atoms with van der Waals surface area (Å²) in [6.07, 6.45) is 3.34. The molecule has 0 aromatic carbocycles. The summed E-state index contributed by atoms with van der Waals surface area (Å²) in [6, 6.07) is 1.75. The molecular formula is C15H19N5O2S. The lowest BCUT2D eigenvalue weighted by Gasteiger charge is -2.26. The van der Waals surface area contributed by atoms with Gasteiger partial charge in [-0.25, -0.2) is 15.0 Å². The Bertz CT molecular complexity index is 655. The highest BCUT2D eigenvalue weighted by Crippen LogP contribution is 2.24. The minimum atomic E-state index is -0.0876. The standard InChI is InChI=1S/C15H19N5O2S/c1-11-12(23-15(19-11)13-16-3-2-4-17-13)14(21)18-5-6-20-7-9-22-10-8-20/h2-4H,5-10H2,1H3,(H,18,21). The molecule has 122 valence electrons. The van der Waals surface area contributed by atoms with Gasteiger partial charge in [0.1, 0.15) is 4.88 Å². The Labute approximate surface area is 138 Å². The number of aromatic nitrogens is 3. The molecule has 7 nitrogen and oxygen atoms in total. The fourth-order valence-electron chi connectivity index (χ4n) is 2.34. The second kappa shape index (κ2) is 7.58. The summed E-state index contributed by atoms with van der Waals surface area (Å²) < 4.78 is 5.31. The molecule has 0 aliphatic carbocycles. The molecule has 3 heterocycles. The number of aryl methyl sites for hydroxylation is 1. The van der Waals surface area contributed by atoms with Crippen molar-refractivity contribution in [2.45, 2.75) is 6.92 Å². The zero-order valence-corrected chi connectivity index (χ0v) is 13.8. The number of amides is 1. The lowest BCUT2D eigenvalue weighted by Crippen LogP contribution is -2.41. The molecule has 1 saturated heterocycles. The Morgan fingerprint density at radius 3 is 2.83 bits per heavy atom. The van der Waals surface area contributed by atoms with Crippen molar-refractivity contribution in [1.82, 2.24) is 25.2 Å². The third-order valence-electron chi connectivity index (χ3n) is 3.58. The fraction of sp³-hybridized carbons (Fsp3) is 0.467. The summed E-state index contributed by atoms with van der Waals surface area (Å²) in [5, 5.41) is 3.63. The number of ether oxygens (including phenoxy) is 1. The molecule has 1 aliphatic rings. The van der Waals surface area contributed by atoms with E-state index in [-0.39, 0.29) is 5.91 Å². The molecule has 0 spiro atoms. The fourth-order valence-corrected chi connectivity index (χ4v) is 3.28. The highest BCUT2D eigenvalue weighted by molar-refractivity contribution is 7.17. The van der Waals surface area contributed by atoms with Gasteiger partial charge < -0.3 is 10.1 Å². The highest BCUT2D eigenvalue weighted by atomic mass is 32.1. The average Bonchev–Trinajstić information content (AvgIpc) is 2.98. The number of carbonyl (C=O) groups is 1. The minimum Gasteiger partial charge on any atom is -0.379 e. The number of hydrogen-bond acceptors (Lipinski definition) is 7. The largest absolute Gasteiger partial charge is 0.379 e. The van der Waals surface area contributed by atoms with Gasteiger partial charge >= 0.3 is 0 Å². The lowest BCUT2D eigenvalue weighted by atomic mass is 10.3. The first-order chi connectivity index (χ1) is 11.2. The van der Waals surface area contributed by atoms with E-state index in [1.165, 1.54) is 11.3 Å². The van der Waals surface area contributed by atoms with Gasteiger partial charge in [0.2, 0.25) is 0 Å². The molecule has 2 aromatic heterocycles. The van der Waals surface area contributed by atoms with Crippen LogP contribution in [0.2, 0.25) is 0 Å². The SMILES string of the molecule is Cc1nc(-c2ncccn2)sc1C(=O)NCCN1CCOCC1. The van der Waals surface area contributed by atoms with Crippen LogP contribution in [0.1, 0.15) is 15.4 Å². The number of nitrogens with one attached hydrogen (secondary N) is 1. The Morgan fingerprint density at radius 1 is 1.35 bits per heavy atom. The summed E-state index contributed by atoms with van der Waals surface area (Å²) in [4.78, 5) is 28.0. The summed E-state index contributed by atoms with van der Waals surface area (Å²) in [6.45, 7) is 6.66. The van der Waals surface area contributed by atoms with Gasteiger partial charge in [-0.3, -0.25) is 9.69 Å². The quantitative estimate of drug-likeness (QED) is 0.878. The summed E-state index contributed by atoms with van der Waals surface area (Å²) in [5.74, 6) is 0.461. The Kier molecular flexibility index (Phi) is 5.27. The first kappa shape index (κ1) is 16.0. The van der Waals surface area contributed by atoms with Crippen LogP contribution in [-0.4, -0.2) is 65.2 Å². The van der Waals surface area contributed by atoms with Gasteiger partial charge in [0, 0.05) is 38.6 Å². The molecule has 1 aliphatic heterocycles. The van der Waals surface area contributed by atoms with Crippen LogP contribution in [0, 0.1) is 6.92 Å². The monoisotopic (exact) mass is 333 g/mol. The van der Waals surface area contributed by atoms with E-state index in [0.717, 1.165) is 32.8 Å². The molecule has 8 heteroatoms. The van der Waals surface area contributed by atoms with Crippen LogP contribution in [-0.2, 0) is 4.74 Å². The predicted octanol–water partition coefficient (Wildman–Crippen LogP) is 0.971. The topological polar surface area (TPSA) is 80.2 Å². The Balaban J connectivity index is 1.58. The maximum Gasteiger partial charge on any atom is 0.263 e. The molecule has 0 radical (unpaired) electrons. The molecule has 1 fully saturated rings. The second-order valence-corrected chi connectivity index (χ2v) is 6.21. The first-order valence-corrected chi connectivity index (χ1v) is 8.39. The van der Waals surface area contributed by atoms with Crippen molar-refractivity contribution in [2.75, 3.05) is 39.4 Å². The average molecular weight is 333 g/mol. The van der Waals surface area contributed by atoms with Crippen LogP contribution in [0.3, 0.4) is 0 Å². The van der Waals surface area contributed by atoms with Crippen molar-refractivity contribution in [3.05, 3.63) is 29.0 Å². The van der Waals surface area contributed by atoms with Gasteiger partial charge in [0.15, 0.2) is 10.8 Å². The van der Waals surface area contributed by atoms with Gasteiger partial charge in [-0.1, -0.05) is 0 Å². The Hall–Kier alpha value is -1.90. The van der Waals surface area contributed by atoms with Gasteiger partial charge in [0.05, 0.1) is 18.9 Å². The molecule has 1 amide bonds. The predicted molar refractivity (Wildman–Crippen MR) is 87.5 cm³/mol. The van der Waals surface area contributed by atoms with Crippen molar-refractivity contribution < 1.29 is 9.53 Å². The third-order valence-corrected chi connectivity index (χ3v) is 4.73. The Morgan fingerprint density at radius 2 is 2.09 bits per heavy atom. The number of thiazole rings is 1. The smallest absolute Gasteiger partial charge is 0.263 e. The van der Waals surface area contributed by atoms with Gasteiger partial charge in [-0.15, -0.1) is 11.3 Å². The first-order valence-electron chi connectivity index (χ1n) is 7.57. The van der Waals surface area contributed by atoms with Crippen molar-refractivity contribution in [3.63, 3.8) is 0 Å². The molecule has 3 rings (SSSR count). The van der Waals surface area contributed by atoms with Crippen LogP contribution < -0.4 is 5.32 Å². The molecule has 0 bridgehead atoms. The molecular weight excluding hydrogens is 314 g/mol. The van der Waals surface area contributed by atoms with Crippen LogP contribution in [0.5, 0.6) is 0 Å². The number of hydrogen-bond donors (Lipinski definition) is 1. The van der Waals surface area contributed by atoms with E-state index >= 15 is 0 Å². The lowest BCUT2D eigenvalue weighted by molar-refractivity contribution is 0.0383. The van der Waals surface area contributed by atoms with E-state index < -0.39 is 0 Å².